The first kappa shape index (κ1) is 14.5. The van der Waals surface area contributed by atoms with E-state index in [2.05, 4.69) is 22.2 Å². The summed E-state index contributed by atoms with van der Waals surface area (Å²) in [5.41, 5.74) is 2.90. The first-order valence-electron chi connectivity index (χ1n) is 6.93. The van der Waals surface area contributed by atoms with Crippen LogP contribution in [0.1, 0.15) is 24.7 Å². The van der Waals surface area contributed by atoms with Gasteiger partial charge in [0.2, 0.25) is 0 Å². The van der Waals surface area contributed by atoms with E-state index in [0.717, 1.165) is 48.0 Å². The molecule has 1 aromatic carbocycles. The lowest BCUT2D eigenvalue weighted by Crippen LogP contribution is -2.15. The number of benzene rings is 1. The van der Waals surface area contributed by atoms with E-state index in [9.17, 15) is 0 Å². The van der Waals surface area contributed by atoms with Crippen molar-refractivity contribution in [2.24, 2.45) is 0 Å². The molecule has 4 nitrogen and oxygen atoms in total. The molecule has 0 atom stereocenters. The van der Waals surface area contributed by atoms with Gasteiger partial charge in [-0.1, -0.05) is 19.1 Å². The zero-order valence-electron chi connectivity index (χ0n) is 12.3. The number of aryl methyl sites for hydroxylation is 1. The van der Waals surface area contributed by atoms with Gasteiger partial charge in [-0.15, -0.1) is 0 Å². The molecule has 0 bridgehead atoms. The van der Waals surface area contributed by atoms with E-state index in [0.29, 0.717) is 0 Å². The van der Waals surface area contributed by atoms with Crippen LogP contribution in [0.2, 0.25) is 0 Å². The van der Waals surface area contributed by atoms with Crippen molar-refractivity contribution in [2.75, 3.05) is 13.7 Å². The molecule has 0 aliphatic heterocycles. The van der Waals surface area contributed by atoms with Gasteiger partial charge in [-0.2, -0.15) is 0 Å². The zero-order chi connectivity index (χ0) is 14.4. The summed E-state index contributed by atoms with van der Waals surface area (Å²) in [5.74, 6) is 1.52. The Labute approximate surface area is 120 Å². The van der Waals surface area contributed by atoms with E-state index in [4.69, 9.17) is 4.74 Å². The van der Waals surface area contributed by atoms with E-state index in [1.807, 2.05) is 37.3 Å². The molecule has 0 aliphatic rings. The SMILES string of the molecule is CCCNCc1cc(C)nc(-c2ccccc2OC)n1. The Balaban J connectivity index is 2.31. The van der Waals surface area contributed by atoms with Gasteiger partial charge in [0, 0.05) is 12.2 Å². The number of para-hydroxylation sites is 1. The molecule has 1 aromatic heterocycles. The van der Waals surface area contributed by atoms with Gasteiger partial charge in [-0.05, 0) is 38.1 Å². The smallest absolute Gasteiger partial charge is 0.163 e. The Morgan fingerprint density at radius 1 is 1.20 bits per heavy atom. The number of nitrogens with zero attached hydrogens (tertiary/aromatic N) is 2. The molecule has 2 rings (SSSR count). The number of rotatable bonds is 6. The van der Waals surface area contributed by atoms with Gasteiger partial charge < -0.3 is 10.1 Å². The summed E-state index contributed by atoms with van der Waals surface area (Å²) in [4.78, 5) is 9.15. The maximum absolute atomic E-state index is 5.38. The molecule has 1 N–H and O–H groups in total. The average molecular weight is 271 g/mol. The predicted molar refractivity (Wildman–Crippen MR) is 80.8 cm³/mol. The van der Waals surface area contributed by atoms with E-state index < -0.39 is 0 Å². The summed E-state index contributed by atoms with van der Waals surface area (Å²) in [7, 11) is 1.67. The minimum absolute atomic E-state index is 0.718. The van der Waals surface area contributed by atoms with Crippen LogP contribution in [0.5, 0.6) is 5.75 Å². The van der Waals surface area contributed by atoms with Gasteiger partial charge in [-0.3, -0.25) is 0 Å². The largest absolute Gasteiger partial charge is 0.496 e. The van der Waals surface area contributed by atoms with Crippen molar-refractivity contribution in [1.29, 1.82) is 0 Å². The van der Waals surface area contributed by atoms with Gasteiger partial charge in [0.25, 0.3) is 0 Å². The molecule has 0 aliphatic carbocycles. The highest BCUT2D eigenvalue weighted by Crippen LogP contribution is 2.26. The third-order valence-electron chi connectivity index (χ3n) is 2.99. The Morgan fingerprint density at radius 3 is 2.75 bits per heavy atom. The quantitative estimate of drug-likeness (QED) is 0.821. The number of nitrogens with one attached hydrogen (secondary N) is 1. The molecule has 20 heavy (non-hydrogen) atoms. The summed E-state index contributed by atoms with van der Waals surface area (Å²) in [5, 5.41) is 3.36. The molecule has 0 spiro atoms. The molecule has 2 aromatic rings. The lowest BCUT2D eigenvalue weighted by Gasteiger charge is -2.10. The van der Waals surface area contributed by atoms with Gasteiger partial charge >= 0.3 is 0 Å². The second-order valence-electron chi connectivity index (χ2n) is 4.70. The zero-order valence-corrected chi connectivity index (χ0v) is 12.3. The highest BCUT2D eigenvalue weighted by molar-refractivity contribution is 5.64. The molecule has 0 saturated carbocycles. The second kappa shape index (κ2) is 7.01. The summed E-state index contributed by atoms with van der Waals surface area (Å²) in [6, 6.07) is 9.84. The molecule has 0 amide bonds. The van der Waals surface area contributed by atoms with E-state index in [1.165, 1.54) is 0 Å². The number of aromatic nitrogens is 2. The van der Waals surface area contributed by atoms with Crippen LogP contribution in [0.15, 0.2) is 30.3 Å². The summed E-state index contributed by atoms with van der Waals surface area (Å²) < 4.78 is 5.38. The molecule has 0 radical (unpaired) electrons. The van der Waals surface area contributed by atoms with Crippen molar-refractivity contribution in [2.45, 2.75) is 26.8 Å². The van der Waals surface area contributed by atoms with Crippen molar-refractivity contribution >= 4 is 0 Å². The molecule has 0 saturated heterocycles. The number of ether oxygens (including phenoxy) is 1. The monoisotopic (exact) mass is 271 g/mol. The fraction of sp³-hybridized carbons (Fsp3) is 0.375. The van der Waals surface area contributed by atoms with Gasteiger partial charge in [0.15, 0.2) is 5.82 Å². The summed E-state index contributed by atoms with van der Waals surface area (Å²) in [6.07, 6.45) is 1.11. The average Bonchev–Trinajstić information content (AvgIpc) is 2.47. The van der Waals surface area contributed by atoms with Crippen molar-refractivity contribution in [1.82, 2.24) is 15.3 Å². The van der Waals surface area contributed by atoms with Crippen LogP contribution in [0.25, 0.3) is 11.4 Å². The number of hydrogen-bond donors (Lipinski definition) is 1. The first-order valence-corrected chi connectivity index (χ1v) is 6.93. The van der Waals surface area contributed by atoms with Gasteiger partial charge in [-0.25, -0.2) is 9.97 Å². The lowest BCUT2D eigenvalue weighted by atomic mass is 10.1. The normalized spacial score (nSPS) is 10.6. The molecule has 4 heteroatoms. The Hall–Kier alpha value is -1.94. The van der Waals surface area contributed by atoms with E-state index in [1.54, 1.807) is 7.11 Å². The van der Waals surface area contributed by atoms with E-state index >= 15 is 0 Å². The fourth-order valence-electron chi connectivity index (χ4n) is 2.07. The minimum atomic E-state index is 0.718. The fourth-order valence-corrected chi connectivity index (χ4v) is 2.07. The third-order valence-corrected chi connectivity index (χ3v) is 2.99. The molecular weight excluding hydrogens is 250 g/mol. The lowest BCUT2D eigenvalue weighted by molar-refractivity contribution is 0.416. The van der Waals surface area contributed by atoms with Crippen LogP contribution >= 0.6 is 0 Å². The summed E-state index contributed by atoms with van der Waals surface area (Å²) >= 11 is 0. The number of hydrogen-bond acceptors (Lipinski definition) is 4. The molecule has 1 heterocycles. The van der Waals surface area contributed by atoms with Gasteiger partial charge in [0.1, 0.15) is 5.75 Å². The Morgan fingerprint density at radius 2 is 2.00 bits per heavy atom. The van der Waals surface area contributed by atoms with Crippen LogP contribution in [0.4, 0.5) is 0 Å². The minimum Gasteiger partial charge on any atom is -0.496 e. The van der Waals surface area contributed by atoms with Gasteiger partial charge in [0.05, 0.1) is 18.4 Å². The first-order chi connectivity index (χ1) is 9.74. The molecule has 0 unspecified atom stereocenters. The van der Waals surface area contributed by atoms with Crippen LogP contribution < -0.4 is 10.1 Å². The summed E-state index contributed by atoms with van der Waals surface area (Å²) in [6.45, 7) is 5.90. The van der Waals surface area contributed by atoms with Crippen molar-refractivity contribution in [3.63, 3.8) is 0 Å². The Kier molecular flexibility index (Phi) is 5.07. The predicted octanol–water partition coefficient (Wildman–Crippen LogP) is 2.96. The van der Waals surface area contributed by atoms with Crippen molar-refractivity contribution in [3.8, 4) is 17.1 Å². The van der Waals surface area contributed by atoms with Crippen molar-refractivity contribution < 1.29 is 4.74 Å². The van der Waals surface area contributed by atoms with Crippen molar-refractivity contribution in [3.05, 3.63) is 41.7 Å². The number of methoxy groups -OCH3 is 1. The second-order valence-corrected chi connectivity index (χ2v) is 4.70. The maximum atomic E-state index is 5.38. The van der Waals surface area contributed by atoms with Crippen LogP contribution in [0.3, 0.4) is 0 Å². The Bertz CT molecular complexity index is 569. The molecule has 0 fully saturated rings. The van der Waals surface area contributed by atoms with Crippen LogP contribution in [-0.2, 0) is 6.54 Å². The highest BCUT2D eigenvalue weighted by Gasteiger charge is 2.09. The van der Waals surface area contributed by atoms with Crippen LogP contribution in [-0.4, -0.2) is 23.6 Å². The molecule has 106 valence electrons. The standard InChI is InChI=1S/C16H21N3O/c1-4-9-17-11-13-10-12(2)18-16(19-13)14-7-5-6-8-15(14)20-3/h5-8,10,17H,4,9,11H2,1-3H3. The third kappa shape index (κ3) is 3.54. The molecular formula is C16H21N3O. The maximum Gasteiger partial charge on any atom is 0.163 e. The van der Waals surface area contributed by atoms with E-state index in [-0.39, 0.29) is 0 Å². The highest BCUT2D eigenvalue weighted by atomic mass is 16.5. The van der Waals surface area contributed by atoms with Crippen LogP contribution in [0, 0.1) is 6.92 Å². The topological polar surface area (TPSA) is 47.0 Å².